The van der Waals surface area contributed by atoms with E-state index in [4.69, 9.17) is 22.3 Å². The number of unbranched alkanes of at least 4 members (excludes halogenated alkanes) is 1. The topological polar surface area (TPSA) is 353 Å². The Morgan fingerprint density at radius 1 is 0.562 bits per heavy atom. The minimum atomic E-state index is -1.55. The highest BCUT2D eigenvalue weighted by Gasteiger charge is 2.27. The zero-order valence-corrected chi connectivity index (χ0v) is 35.7. The molecule has 1 fully saturated rings. The fraction of sp³-hybridized carbons (Fsp3) is 0.537. The van der Waals surface area contributed by atoms with Gasteiger partial charge in [0.25, 0.3) is 0 Å². The van der Waals surface area contributed by atoms with Crippen molar-refractivity contribution in [2.45, 2.75) is 56.7 Å². The van der Waals surface area contributed by atoms with Gasteiger partial charge in [-0.25, -0.2) is 14.4 Å². The maximum atomic E-state index is 13.8. The van der Waals surface area contributed by atoms with E-state index in [1.54, 1.807) is 0 Å². The van der Waals surface area contributed by atoms with Gasteiger partial charge in [-0.2, -0.15) is 0 Å². The van der Waals surface area contributed by atoms with Crippen LogP contribution in [-0.2, 0) is 44.8 Å². The number of carboxylic acids is 3. The Hall–Kier alpha value is -6.43. The van der Waals surface area contributed by atoms with Gasteiger partial charge in [-0.3, -0.25) is 48.4 Å². The van der Waals surface area contributed by atoms with E-state index >= 15 is 0 Å². The second-order valence-corrected chi connectivity index (χ2v) is 15.6. The average Bonchev–Trinajstić information content (AvgIpc) is 3.21. The van der Waals surface area contributed by atoms with Crippen molar-refractivity contribution in [3.05, 3.63) is 48.0 Å². The Labute approximate surface area is 370 Å². The van der Waals surface area contributed by atoms with E-state index < -0.39 is 84.4 Å². The number of urea groups is 1. The molecule has 0 bridgehead atoms. The molecule has 0 aliphatic carbocycles. The zero-order valence-electron chi connectivity index (χ0n) is 35.7. The van der Waals surface area contributed by atoms with Gasteiger partial charge >= 0.3 is 23.9 Å². The van der Waals surface area contributed by atoms with Crippen LogP contribution >= 0.6 is 0 Å². The number of carbonyl (C=O) groups is 9. The third kappa shape index (κ3) is 20.2. The number of nitrogens with one attached hydrogen (secondary N) is 4. The maximum absolute atomic E-state index is 13.8. The van der Waals surface area contributed by atoms with E-state index in [1.165, 1.54) is 0 Å². The molecule has 0 radical (unpaired) electrons. The summed E-state index contributed by atoms with van der Waals surface area (Å²) < 4.78 is 0. The normalized spacial score (nSPS) is 16.2. The van der Waals surface area contributed by atoms with Gasteiger partial charge in [-0.1, -0.05) is 42.5 Å². The highest BCUT2D eigenvalue weighted by atomic mass is 16.4. The molecule has 352 valence electrons. The fourth-order valence-corrected chi connectivity index (χ4v) is 7.07. The summed E-state index contributed by atoms with van der Waals surface area (Å²) in [6.07, 6.45) is -0.437. The molecule has 7 amide bonds. The molecule has 3 unspecified atom stereocenters. The first kappa shape index (κ1) is 51.9. The Bertz CT molecular complexity index is 1920. The van der Waals surface area contributed by atoms with Crippen molar-refractivity contribution < 1.29 is 58.5 Å². The number of aliphatic carboxylic acids is 3. The highest BCUT2D eigenvalue weighted by Crippen LogP contribution is 2.17. The molecule has 0 aromatic heterocycles. The first-order valence-corrected chi connectivity index (χ1v) is 20.9. The number of hydrogen-bond acceptors (Lipinski definition) is 13. The first-order chi connectivity index (χ1) is 30.4. The van der Waals surface area contributed by atoms with Crippen LogP contribution in [-0.4, -0.2) is 192 Å². The number of nitrogens with zero attached hydrogens (tertiary/aromatic N) is 4. The number of carbonyl (C=O) groups excluding carboxylic acids is 6. The second-order valence-electron chi connectivity index (χ2n) is 15.6. The lowest BCUT2D eigenvalue weighted by Crippen LogP contribution is -2.53. The third-order valence-electron chi connectivity index (χ3n) is 10.4. The Balaban J connectivity index is 1.70. The van der Waals surface area contributed by atoms with Crippen LogP contribution in [0.4, 0.5) is 4.79 Å². The van der Waals surface area contributed by atoms with Crippen molar-refractivity contribution in [2.75, 3.05) is 85.1 Å². The molecule has 1 aliphatic rings. The Morgan fingerprint density at radius 3 is 1.50 bits per heavy atom. The van der Waals surface area contributed by atoms with E-state index in [0.29, 0.717) is 52.4 Å². The van der Waals surface area contributed by atoms with Crippen LogP contribution in [0.25, 0.3) is 10.8 Å². The summed E-state index contributed by atoms with van der Waals surface area (Å²) in [5.74, 6) is -6.78. The molecular formula is C41H61N11O12. The van der Waals surface area contributed by atoms with Gasteiger partial charge in [0.2, 0.25) is 29.5 Å². The molecule has 23 heteroatoms. The number of carboxylic acid groups (broad SMARTS) is 3. The van der Waals surface area contributed by atoms with Crippen molar-refractivity contribution in [1.29, 1.82) is 0 Å². The van der Waals surface area contributed by atoms with Gasteiger partial charge in [-0.05, 0) is 42.0 Å². The molecule has 13 N–H and O–H groups in total. The fourth-order valence-electron chi connectivity index (χ4n) is 7.07. The zero-order chi connectivity index (χ0) is 47.2. The van der Waals surface area contributed by atoms with Crippen LogP contribution in [0, 0.1) is 0 Å². The predicted molar refractivity (Wildman–Crippen MR) is 231 cm³/mol. The lowest BCUT2D eigenvalue weighted by Gasteiger charge is -2.33. The van der Waals surface area contributed by atoms with Crippen molar-refractivity contribution in [1.82, 2.24) is 40.9 Å². The summed E-state index contributed by atoms with van der Waals surface area (Å²) >= 11 is 0. The molecule has 1 heterocycles. The van der Waals surface area contributed by atoms with Crippen LogP contribution < -0.4 is 38.5 Å². The lowest BCUT2D eigenvalue weighted by atomic mass is 10.0. The van der Waals surface area contributed by atoms with Gasteiger partial charge in [0.05, 0.1) is 26.2 Å². The maximum Gasteiger partial charge on any atom is 0.326 e. The van der Waals surface area contributed by atoms with E-state index in [-0.39, 0.29) is 58.4 Å². The monoisotopic (exact) mass is 899 g/mol. The van der Waals surface area contributed by atoms with E-state index in [9.17, 15) is 53.4 Å². The molecule has 3 rings (SSSR count). The van der Waals surface area contributed by atoms with Crippen molar-refractivity contribution in [2.24, 2.45) is 17.2 Å². The van der Waals surface area contributed by atoms with Crippen molar-refractivity contribution >= 4 is 64.2 Å². The molecule has 23 nitrogen and oxygen atoms in total. The number of fused-ring (bicyclic) bond motifs is 1. The molecule has 3 atom stereocenters. The second kappa shape index (κ2) is 26.9. The van der Waals surface area contributed by atoms with Gasteiger partial charge in [0.1, 0.15) is 18.1 Å². The van der Waals surface area contributed by atoms with Crippen molar-refractivity contribution in [3.8, 4) is 0 Å². The lowest BCUT2D eigenvalue weighted by molar-refractivity contribution is -0.141. The Morgan fingerprint density at radius 2 is 1.03 bits per heavy atom. The summed E-state index contributed by atoms with van der Waals surface area (Å²) in [5.41, 5.74) is 17.3. The number of nitrogens with two attached hydrogens (primary N) is 3. The number of rotatable bonds is 24. The Kier molecular flexibility index (Phi) is 21.8. The quantitative estimate of drug-likeness (QED) is 0.0467. The van der Waals surface area contributed by atoms with Gasteiger partial charge in [0.15, 0.2) is 0 Å². The van der Waals surface area contributed by atoms with Crippen molar-refractivity contribution in [3.63, 3.8) is 0 Å². The molecule has 1 saturated heterocycles. The van der Waals surface area contributed by atoms with Gasteiger partial charge < -0.3 is 53.8 Å². The molecule has 2 aromatic carbocycles. The van der Waals surface area contributed by atoms with Gasteiger partial charge in [-0.15, -0.1) is 0 Å². The smallest absolute Gasteiger partial charge is 0.326 e. The summed E-state index contributed by atoms with van der Waals surface area (Å²) in [7, 11) is 0. The molecule has 1 aliphatic heterocycles. The number of benzene rings is 2. The summed E-state index contributed by atoms with van der Waals surface area (Å²) in [5, 5.41) is 39.7. The van der Waals surface area contributed by atoms with Crippen LogP contribution in [0.5, 0.6) is 0 Å². The minimum absolute atomic E-state index is 0.0321. The highest BCUT2D eigenvalue weighted by molar-refractivity contribution is 5.89. The summed E-state index contributed by atoms with van der Waals surface area (Å²) in [6, 6.07) is 8.22. The molecule has 2 aromatic rings. The first-order valence-electron chi connectivity index (χ1n) is 20.9. The largest absolute Gasteiger partial charge is 0.481 e. The summed E-state index contributed by atoms with van der Waals surface area (Å²) in [6.45, 7) is 2.40. The molecule has 64 heavy (non-hydrogen) atoms. The molecular weight excluding hydrogens is 839 g/mol. The standard InChI is InChI=1S/C41H61N11O12/c42-33(53)23-49-13-15-50(24-34(43)54)17-19-52(20-18-51(16-14-49)25-35(44)55)26-36(56)46-32(22-27-8-9-28-5-1-2-6-29(28)21-27)38(59)45-12-4-3-7-30(39(60)61)47-41(64)48-31(40(62)63)10-11-37(57)58/h1-2,5-6,8-9,21,30-32H,3-4,7,10-20,22-26H2,(H2,42,53)(H2,43,54)(H2,44,55)(H,45,59)(H,46,56)(H,57,58)(H,60,61)(H,62,63)(H2,47,48,64). The number of amides is 7. The number of primary amides is 3. The van der Waals surface area contributed by atoms with E-state index in [1.807, 2.05) is 62.1 Å². The third-order valence-corrected chi connectivity index (χ3v) is 10.4. The number of hydrogen-bond donors (Lipinski definition) is 10. The van der Waals surface area contributed by atoms with Crippen LogP contribution in [0.2, 0.25) is 0 Å². The minimum Gasteiger partial charge on any atom is -0.481 e. The molecule has 0 spiro atoms. The molecule has 0 saturated carbocycles. The van der Waals surface area contributed by atoms with Crippen LogP contribution in [0.15, 0.2) is 42.5 Å². The van der Waals surface area contributed by atoms with E-state index in [0.717, 1.165) is 16.3 Å². The van der Waals surface area contributed by atoms with E-state index in [2.05, 4.69) is 21.3 Å². The SMILES string of the molecule is NC(=O)CN1CCN(CC(N)=O)CCN(CC(=O)NC(Cc2ccc3ccccc3c2)C(=O)NCCCCC(NC(=O)NC(CCC(=O)O)C(=O)O)C(=O)O)CCN(CC(N)=O)CC1. The van der Waals surface area contributed by atoms with Crippen LogP contribution in [0.1, 0.15) is 37.7 Å². The summed E-state index contributed by atoms with van der Waals surface area (Å²) in [4.78, 5) is 117. The van der Waals surface area contributed by atoms with Crippen LogP contribution in [0.3, 0.4) is 0 Å². The predicted octanol–water partition coefficient (Wildman–Crippen LogP) is -3.10. The average molecular weight is 900 g/mol. The van der Waals surface area contributed by atoms with Gasteiger partial charge in [0, 0.05) is 71.7 Å².